The molecule has 18 heavy (non-hydrogen) atoms. The summed E-state index contributed by atoms with van der Waals surface area (Å²) in [5.74, 6) is 0.745. The molecule has 0 bridgehead atoms. The molecule has 0 aliphatic heterocycles. The van der Waals surface area contributed by atoms with Crippen molar-refractivity contribution < 1.29 is 4.79 Å². The highest BCUT2D eigenvalue weighted by atomic mass is 16.1. The summed E-state index contributed by atoms with van der Waals surface area (Å²) in [6, 6.07) is 8.47. The third kappa shape index (κ3) is 4.15. The summed E-state index contributed by atoms with van der Waals surface area (Å²) in [5, 5.41) is 2.92. The minimum absolute atomic E-state index is 0.103. The van der Waals surface area contributed by atoms with Gasteiger partial charge in [-0.25, -0.2) is 0 Å². The van der Waals surface area contributed by atoms with Gasteiger partial charge in [0.2, 0.25) is 5.91 Å². The van der Waals surface area contributed by atoms with Crippen LogP contribution in [0.3, 0.4) is 0 Å². The summed E-state index contributed by atoms with van der Waals surface area (Å²) in [5.41, 5.74) is 8.40. The van der Waals surface area contributed by atoms with Gasteiger partial charge in [0, 0.05) is 19.0 Å². The van der Waals surface area contributed by atoms with Crippen LogP contribution in [0.15, 0.2) is 24.3 Å². The molecule has 1 saturated carbocycles. The maximum atomic E-state index is 11.7. The van der Waals surface area contributed by atoms with Crippen molar-refractivity contribution in [3.05, 3.63) is 35.4 Å². The lowest BCUT2D eigenvalue weighted by atomic mass is 10.1. The number of hydrogen-bond donors (Lipinski definition) is 2. The van der Waals surface area contributed by atoms with Crippen LogP contribution >= 0.6 is 0 Å². The fraction of sp³-hybridized carbons (Fsp3) is 0.533. The van der Waals surface area contributed by atoms with Gasteiger partial charge in [0.25, 0.3) is 0 Å². The second kappa shape index (κ2) is 6.01. The quantitative estimate of drug-likeness (QED) is 0.804. The molecule has 1 aliphatic rings. The Morgan fingerprint density at radius 2 is 2.06 bits per heavy atom. The van der Waals surface area contributed by atoms with Crippen molar-refractivity contribution in [2.75, 3.05) is 6.54 Å². The van der Waals surface area contributed by atoms with E-state index in [1.165, 1.54) is 24.0 Å². The average Bonchev–Trinajstić information content (AvgIpc) is 3.19. The highest BCUT2D eigenvalue weighted by molar-refractivity contribution is 5.76. The van der Waals surface area contributed by atoms with Crippen molar-refractivity contribution in [2.24, 2.45) is 11.7 Å². The van der Waals surface area contributed by atoms with Crippen molar-refractivity contribution >= 4 is 5.91 Å². The number of benzene rings is 1. The van der Waals surface area contributed by atoms with Crippen molar-refractivity contribution in [1.29, 1.82) is 0 Å². The molecule has 0 radical (unpaired) electrons. The van der Waals surface area contributed by atoms with E-state index in [-0.39, 0.29) is 11.9 Å². The zero-order valence-electron chi connectivity index (χ0n) is 11.0. The van der Waals surface area contributed by atoms with E-state index in [0.717, 1.165) is 6.42 Å². The van der Waals surface area contributed by atoms with Gasteiger partial charge in [-0.3, -0.25) is 4.79 Å². The topological polar surface area (TPSA) is 55.1 Å². The van der Waals surface area contributed by atoms with E-state index in [9.17, 15) is 4.79 Å². The molecule has 1 amide bonds. The maximum absolute atomic E-state index is 11.7. The highest BCUT2D eigenvalue weighted by Crippen LogP contribution is 2.31. The number of carbonyl (C=O) groups is 1. The van der Waals surface area contributed by atoms with Crippen molar-refractivity contribution in [1.82, 2.24) is 5.32 Å². The Bertz CT molecular complexity index is 395. The van der Waals surface area contributed by atoms with Crippen molar-refractivity contribution in [3.8, 4) is 0 Å². The third-order valence-corrected chi connectivity index (χ3v) is 3.52. The summed E-state index contributed by atoms with van der Waals surface area (Å²) < 4.78 is 0. The van der Waals surface area contributed by atoms with E-state index in [1.807, 2.05) is 0 Å². The van der Waals surface area contributed by atoms with Crippen LogP contribution < -0.4 is 11.1 Å². The van der Waals surface area contributed by atoms with E-state index < -0.39 is 0 Å². The number of nitrogens with two attached hydrogens (primary N) is 1. The molecular weight excluding hydrogens is 224 g/mol. The lowest BCUT2D eigenvalue weighted by Crippen LogP contribution is -2.38. The molecule has 0 saturated heterocycles. The molecule has 0 aromatic heterocycles. The van der Waals surface area contributed by atoms with Gasteiger partial charge < -0.3 is 11.1 Å². The van der Waals surface area contributed by atoms with E-state index in [0.29, 0.717) is 18.9 Å². The Balaban J connectivity index is 1.66. The lowest BCUT2D eigenvalue weighted by Gasteiger charge is -2.11. The minimum Gasteiger partial charge on any atom is -0.355 e. The monoisotopic (exact) mass is 246 g/mol. The second-order valence-corrected chi connectivity index (χ2v) is 5.29. The number of aryl methyl sites for hydroxylation is 2. The smallest absolute Gasteiger partial charge is 0.220 e. The lowest BCUT2D eigenvalue weighted by molar-refractivity contribution is -0.121. The Morgan fingerprint density at radius 3 is 2.67 bits per heavy atom. The van der Waals surface area contributed by atoms with Crippen molar-refractivity contribution in [3.63, 3.8) is 0 Å². The van der Waals surface area contributed by atoms with Gasteiger partial charge in [0.1, 0.15) is 0 Å². The second-order valence-electron chi connectivity index (χ2n) is 5.29. The summed E-state index contributed by atoms with van der Waals surface area (Å²) in [6.45, 7) is 2.69. The predicted octanol–water partition coefficient (Wildman–Crippen LogP) is 1.78. The van der Waals surface area contributed by atoms with Crippen LogP contribution in [0.2, 0.25) is 0 Å². The van der Waals surface area contributed by atoms with Crippen molar-refractivity contribution in [2.45, 2.75) is 38.6 Å². The van der Waals surface area contributed by atoms with Gasteiger partial charge in [-0.15, -0.1) is 0 Å². The summed E-state index contributed by atoms with van der Waals surface area (Å²) in [6.07, 6.45) is 3.78. The maximum Gasteiger partial charge on any atom is 0.220 e. The average molecular weight is 246 g/mol. The fourth-order valence-electron chi connectivity index (χ4n) is 2.02. The van der Waals surface area contributed by atoms with Crippen LogP contribution in [0.1, 0.15) is 30.4 Å². The molecule has 0 spiro atoms. The SMILES string of the molecule is Cc1ccc(CCC(=O)NCC(N)C2CC2)cc1. The molecular formula is C15H22N2O. The zero-order valence-corrected chi connectivity index (χ0v) is 11.0. The molecule has 1 aliphatic carbocycles. The first-order valence-corrected chi connectivity index (χ1v) is 6.73. The largest absolute Gasteiger partial charge is 0.355 e. The van der Waals surface area contributed by atoms with Crippen LogP contribution in [-0.4, -0.2) is 18.5 Å². The molecule has 3 N–H and O–H groups in total. The number of amides is 1. The van der Waals surface area contributed by atoms with Gasteiger partial charge in [-0.05, 0) is 37.7 Å². The summed E-state index contributed by atoms with van der Waals surface area (Å²) in [4.78, 5) is 11.7. The first kappa shape index (κ1) is 13.1. The Labute approximate surface area is 109 Å². The Morgan fingerprint density at radius 1 is 1.39 bits per heavy atom. The summed E-state index contributed by atoms with van der Waals surface area (Å²) >= 11 is 0. The van der Waals surface area contributed by atoms with Crippen LogP contribution in [0, 0.1) is 12.8 Å². The molecule has 98 valence electrons. The standard InChI is InChI=1S/C15H22N2O/c1-11-2-4-12(5-3-11)6-9-15(18)17-10-14(16)13-7-8-13/h2-5,13-14H,6-10,16H2,1H3,(H,17,18). The molecule has 3 nitrogen and oxygen atoms in total. The molecule has 0 heterocycles. The Kier molecular flexibility index (Phi) is 4.37. The first-order valence-electron chi connectivity index (χ1n) is 6.73. The molecule has 3 heteroatoms. The van der Waals surface area contributed by atoms with Crippen LogP contribution in [0.5, 0.6) is 0 Å². The van der Waals surface area contributed by atoms with Gasteiger partial charge in [-0.1, -0.05) is 29.8 Å². The Hall–Kier alpha value is -1.35. The number of rotatable bonds is 6. The van der Waals surface area contributed by atoms with Gasteiger partial charge in [0.05, 0.1) is 0 Å². The van der Waals surface area contributed by atoms with Crippen LogP contribution in [-0.2, 0) is 11.2 Å². The molecule has 1 aromatic carbocycles. The molecule has 1 atom stereocenters. The van der Waals surface area contributed by atoms with Crippen LogP contribution in [0.4, 0.5) is 0 Å². The van der Waals surface area contributed by atoms with Gasteiger partial charge in [-0.2, -0.15) is 0 Å². The zero-order chi connectivity index (χ0) is 13.0. The summed E-state index contributed by atoms with van der Waals surface area (Å²) in [7, 11) is 0. The minimum atomic E-state index is 0.103. The highest BCUT2D eigenvalue weighted by Gasteiger charge is 2.28. The fourth-order valence-corrected chi connectivity index (χ4v) is 2.02. The third-order valence-electron chi connectivity index (χ3n) is 3.52. The van der Waals surface area contributed by atoms with E-state index in [4.69, 9.17) is 5.73 Å². The van der Waals surface area contributed by atoms with Gasteiger partial charge >= 0.3 is 0 Å². The van der Waals surface area contributed by atoms with E-state index in [2.05, 4.69) is 36.5 Å². The van der Waals surface area contributed by atoms with Gasteiger partial charge in [0.15, 0.2) is 0 Å². The molecule has 1 aromatic rings. The van der Waals surface area contributed by atoms with E-state index >= 15 is 0 Å². The molecule has 1 unspecified atom stereocenters. The molecule has 2 rings (SSSR count). The first-order chi connectivity index (χ1) is 8.65. The number of hydrogen-bond acceptors (Lipinski definition) is 2. The molecule has 1 fully saturated rings. The van der Waals surface area contributed by atoms with Crippen LogP contribution in [0.25, 0.3) is 0 Å². The van der Waals surface area contributed by atoms with E-state index in [1.54, 1.807) is 0 Å². The number of nitrogens with one attached hydrogen (secondary N) is 1. The predicted molar refractivity (Wildman–Crippen MR) is 73.2 cm³/mol. The number of carbonyl (C=O) groups excluding carboxylic acids is 1. The normalized spacial score (nSPS) is 16.3.